The van der Waals surface area contributed by atoms with Gasteiger partial charge in [-0.3, -0.25) is 0 Å². The van der Waals surface area contributed by atoms with Gasteiger partial charge in [-0.2, -0.15) is 0 Å². The van der Waals surface area contributed by atoms with Crippen LogP contribution in [0.5, 0.6) is 5.75 Å². The number of hydrogen-bond acceptors (Lipinski definition) is 2. The van der Waals surface area contributed by atoms with Crippen LogP contribution in [0.25, 0.3) is 5.69 Å². The summed E-state index contributed by atoms with van der Waals surface area (Å²) in [5.41, 5.74) is 0.991. The van der Waals surface area contributed by atoms with Gasteiger partial charge in [-0.25, -0.2) is 4.98 Å². The van der Waals surface area contributed by atoms with Crippen molar-refractivity contribution < 1.29 is 5.11 Å². The molecule has 0 aliphatic rings. The zero-order chi connectivity index (χ0) is 8.39. The molecule has 0 aliphatic carbocycles. The Hall–Kier alpha value is -1.17. The SMILES string of the molecule is Oc1ccc(-n2ccnc2)cc1.[LiH]. The Bertz CT molecular complexity index is 356. The molecule has 1 aromatic carbocycles. The zero-order valence-corrected chi connectivity index (χ0v) is 6.38. The molecule has 0 spiro atoms. The van der Waals surface area contributed by atoms with Gasteiger partial charge in [0.05, 0.1) is 6.33 Å². The first-order chi connectivity index (χ1) is 5.86. The number of aromatic nitrogens is 2. The monoisotopic (exact) mass is 168 g/mol. The molecule has 0 radical (unpaired) electrons. The molecule has 13 heavy (non-hydrogen) atoms. The predicted molar refractivity (Wildman–Crippen MR) is 52.4 cm³/mol. The van der Waals surface area contributed by atoms with E-state index in [0.717, 1.165) is 5.69 Å². The first-order valence-corrected chi connectivity index (χ1v) is 3.63. The van der Waals surface area contributed by atoms with Gasteiger partial charge in [0.15, 0.2) is 0 Å². The summed E-state index contributed by atoms with van der Waals surface area (Å²) in [5, 5.41) is 9.03. The van der Waals surface area contributed by atoms with Gasteiger partial charge in [-0.1, -0.05) is 0 Å². The second kappa shape index (κ2) is 4.17. The summed E-state index contributed by atoms with van der Waals surface area (Å²) in [6.07, 6.45) is 5.28. The van der Waals surface area contributed by atoms with Crippen LogP contribution in [0.1, 0.15) is 0 Å². The second-order valence-corrected chi connectivity index (χ2v) is 2.49. The molecule has 0 unspecified atom stereocenters. The van der Waals surface area contributed by atoms with Gasteiger partial charge in [-0.15, -0.1) is 0 Å². The summed E-state index contributed by atoms with van der Waals surface area (Å²) in [6, 6.07) is 6.96. The van der Waals surface area contributed by atoms with Crippen LogP contribution in [0, 0.1) is 0 Å². The number of rotatable bonds is 1. The fourth-order valence-corrected chi connectivity index (χ4v) is 1.04. The molecule has 1 aromatic heterocycles. The zero-order valence-electron chi connectivity index (χ0n) is 6.38. The molecule has 0 saturated carbocycles. The normalized spacial score (nSPS) is 9.23. The molecule has 0 bridgehead atoms. The molecule has 0 aliphatic heterocycles. The molecule has 62 valence electrons. The summed E-state index contributed by atoms with van der Waals surface area (Å²) < 4.78 is 1.87. The Morgan fingerprint density at radius 3 is 2.38 bits per heavy atom. The summed E-state index contributed by atoms with van der Waals surface area (Å²) in [7, 11) is 0. The molecule has 2 rings (SSSR count). The summed E-state index contributed by atoms with van der Waals surface area (Å²) in [6.45, 7) is 0. The molecule has 0 atom stereocenters. The number of hydrogen-bond donors (Lipinski definition) is 1. The van der Waals surface area contributed by atoms with Crippen molar-refractivity contribution in [2.45, 2.75) is 0 Å². The molecule has 2 aromatic rings. The Kier molecular flexibility index (Phi) is 3.18. The summed E-state index contributed by atoms with van der Waals surface area (Å²) in [5.74, 6) is 0.277. The molecular formula is C9H9LiN2O. The Morgan fingerprint density at radius 2 is 1.85 bits per heavy atom. The third-order valence-corrected chi connectivity index (χ3v) is 1.65. The van der Waals surface area contributed by atoms with E-state index in [1.165, 1.54) is 0 Å². The first kappa shape index (κ1) is 9.91. The third kappa shape index (κ3) is 2.15. The molecular weight excluding hydrogens is 159 g/mol. The van der Waals surface area contributed by atoms with Crippen molar-refractivity contribution in [1.82, 2.24) is 9.55 Å². The van der Waals surface area contributed by atoms with Crippen molar-refractivity contribution >= 4 is 18.9 Å². The quantitative estimate of drug-likeness (QED) is 0.643. The van der Waals surface area contributed by atoms with Gasteiger partial charge in [0, 0.05) is 18.1 Å². The topological polar surface area (TPSA) is 38.0 Å². The minimum atomic E-state index is 0. The van der Waals surface area contributed by atoms with E-state index in [1.807, 2.05) is 22.9 Å². The summed E-state index contributed by atoms with van der Waals surface area (Å²) >= 11 is 0. The Morgan fingerprint density at radius 1 is 1.15 bits per heavy atom. The predicted octanol–water partition coefficient (Wildman–Crippen LogP) is 0.929. The fourth-order valence-electron chi connectivity index (χ4n) is 1.04. The van der Waals surface area contributed by atoms with E-state index in [2.05, 4.69) is 4.98 Å². The molecule has 1 heterocycles. The number of phenols is 1. The molecule has 0 amide bonds. The third-order valence-electron chi connectivity index (χ3n) is 1.65. The van der Waals surface area contributed by atoms with Crippen molar-refractivity contribution in [2.24, 2.45) is 0 Å². The minimum absolute atomic E-state index is 0. The molecule has 0 saturated heterocycles. The Balaban J connectivity index is 0.000000845. The van der Waals surface area contributed by atoms with Crippen molar-refractivity contribution in [2.75, 3.05) is 0 Å². The van der Waals surface area contributed by atoms with Gasteiger partial charge < -0.3 is 9.67 Å². The molecule has 3 nitrogen and oxygen atoms in total. The van der Waals surface area contributed by atoms with Crippen LogP contribution in [-0.4, -0.2) is 33.5 Å². The molecule has 1 N–H and O–H groups in total. The number of benzene rings is 1. The van der Waals surface area contributed by atoms with E-state index in [9.17, 15) is 0 Å². The van der Waals surface area contributed by atoms with Crippen molar-refractivity contribution in [1.29, 1.82) is 0 Å². The first-order valence-electron chi connectivity index (χ1n) is 3.63. The van der Waals surface area contributed by atoms with Crippen molar-refractivity contribution in [3.8, 4) is 11.4 Å². The van der Waals surface area contributed by atoms with E-state index >= 15 is 0 Å². The van der Waals surface area contributed by atoms with Gasteiger partial charge in [0.1, 0.15) is 5.75 Å². The van der Waals surface area contributed by atoms with E-state index in [-0.39, 0.29) is 24.6 Å². The number of imidazole rings is 1. The van der Waals surface area contributed by atoms with E-state index in [1.54, 1.807) is 24.7 Å². The van der Waals surface area contributed by atoms with E-state index in [4.69, 9.17) is 5.11 Å². The van der Waals surface area contributed by atoms with Crippen LogP contribution in [0.2, 0.25) is 0 Å². The Labute approximate surface area is 88.2 Å². The van der Waals surface area contributed by atoms with Crippen LogP contribution in [0.4, 0.5) is 0 Å². The fraction of sp³-hybridized carbons (Fsp3) is 0. The van der Waals surface area contributed by atoms with Crippen LogP contribution < -0.4 is 0 Å². The van der Waals surface area contributed by atoms with Gasteiger partial charge in [-0.05, 0) is 24.3 Å². The van der Waals surface area contributed by atoms with Crippen LogP contribution >= 0.6 is 0 Å². The second-order valence-electron chi connectivity index (χ2n) is 2.49. The average molecular weight is 168 g/mol. The van der Waals surface area contributed by atoms with Gasteiger partial charge in [0.2, 0.25) is 0 Å². The standard InChI is InChI=1S/C9H8N2O.Li.H/c12-9-3-1-8(2-4-9)11-6-5-10-7-11;;/h1-7,12H;;. The maximum atomic E-state index is 9.03. The number of phenolic OH excluding ortho intramolecular Hbond substituents is 1. The van der Waals surface area contributed by atoms with Crippen LogP contribution in [-0.2, 0) is 0 Å². The molecule has 4 heteroatoms. The van der Waals surface area contributed by atoms with Crippen molar-refractivity contribution in [3.05, 3.63) is 43.0 Å². The molecule has 0 fully saturated rings. The number of nitrogens with zero attached hydrogens (tertiary/aromatic N) is 2. The summed E-state index contributed by atoms with van der Waals surface area (Å²) in [4.78, 5) is 3.92. The van der Waals surface area contributed by atoms with Gasteiger partial charge in [0.25, 0.3) is 0 Å². The van der Waals surface area contributed by atoms with Crippen molar-refractivity contribution in [3.63, 3.8) is 0 Å². The van der Waals surface area contributed by atoms with Gasteiger partial charge >= 0.3 is 18.9 Å². The van der Waals surface area contributed by atoms with Crippen LogP contribution in [0.3, 0.4) is 0 Å². The van der Waals surface area contributed by atoms with E-state index in [0.29, 0.717) is 0 Å². The number of aromatic hydroxyl groups is 1. The van der Waals surface area contributed by atoms with Crippen LogP contribution in [0.15, 0.2) is 43.0 Å². The van der Waals surface area contributed by atoms with E-state index < -0.39 is 0 Å². The maximum absolute atomic E-state index is 9.03. The average Bonchev–Trinajstić information content (AvgIpc) is 2.58.